The zero-order valence-electron chi connectivity index (χ0n) is 10.6. The topological polar surface area (TPSA) is 64.2 Å². The Hall–Kier alpha value is -1.64. The van der Waals surface area contributed by atoms with Gasteiger partial charge in [0.25, 0.3) is 5.69 Å². The lowest BCUT2D eigenvalue weighted by molar-refractivity contribution is -0.385. The highest BCUT2D eigenvalue weighted by molar-refractivity contribution is 14.1. The van der Waals surface area contributed by atoms with Crippen molar-refractivity contribution >= 4 is 34.0 Å². The summed E-state index contributed by atoms with van der Waals surface area (Å²) >= 11 is 1.98. The van der Waals surface area contributed by atoms with Gasteiger partial charge in [-0.1, -0.05) is 0 Å². The molecule has 0 spiro atoms. The summed E-state index contributed by atoms with van der Waals surface area (Å²) in [4.78, 5) is 16.7. The standard InChI is InChI=1S/C12H13IN4O2/c1-15-6-5-14-12(15)8-16(2)9-3-4-11(17(18)19)10(13)7-9/h3-7H,8H2,1-2H3. The normalized spacial score (nSPS) is 10.5. The summed E-state index contributed by atoms with van der Waals surface area (Å²) in [5, 5.41) is 10.8. The van der Waals surface area contributed by atoms with E-state index in [-0.39, 0.29) is 10.6 Å². The fourth-order valence-corrected chi connectivity index (χ4v) is 2.43. The van der Waals surface area contributed by atoms with Gasteiger partial charge in [0.1, 0.15) is 5.82 Å². The van der Waals surface area contributed by atoms with Crippen molar-refractivity contribution in [2.45, 2.75) is 6.54 Å². The van der Waals surface area contributed by atoms with E-state index in [0.29, 0.717) is 10.1 Å². The molecular weight excluding hydrogens is 359 g/mol. The number of rotatable bonds is 4. The Morgan fingerprint density at radius 2 is 2.26 bits per heavy atom. The molecule has 100 valence electrons. The first kappa shape index (κ1) is 13.8. The van der Waals surface area contributed by atoms with Gasteiger partial charge >= 0.3 is 0 Å². The van der Waals surface area contributed by atoms with Crippen LogP contribution in [-0.4, -0.2) is 21.5 Å². The molecule has 1 heterocycles. The van der Waals surface area contributed by atoms with Gasteiger partial charge in [-0.2, -0.15) is 0 Å². The van der Waals surface area contributed by atoms with E-state index in [4.69, 9.17) is 0 Å². The predicted octanol–water partition coefficient (Wildman–Crippen LogP) is 2.57. The smallest absolute Gasteiger partial charge is 0.282 e. The van der Waals surface area contributed by atoms with Crippen molar-refractivity contribution < 1.29 is 4.92 Å². The number of aromatic nitrogens is 2. The molecule has 1 aromatic carbocycles. The molecule has 0 aliphatic heterocycles. The molecule has 7 heteroatoms. The third-order valence-electron chi connectivity index (χ3n) is 2.87. The molecule has 6 nitrogen and oxygen atoms in total. The third kappa shape index (κ3) is 3.03. The Balaban J connectivity index is 2.20. The van der Waals surface area contributed by atoms with E-state index in [0.717, 1.165) is 11.5 Å². The van der Waals surface area contributed by atoms with Gasteiger partial charge in [0, 0.05) is 38.2 Å². The van der Waals surface area contributed by atoms with Crippen LogP contribution in [-0.2, 0) is 13.6 Å². The van der Waals surface area contributed by atoms with Crippen LogP contribution < -0.4 is 4.90 Å². The first-order valence-corrected chi connectivity index (χ1v) is 6.68. The molecule has 2 aromatic rings. The van der Waals surface area contributed by atoms with E-state index in [9.17, 15) is 10.1 Å². The highest BCUT2D eigenvalue weighted by Crippen LogP contribution is 2.26. The molecule has 1 aromatic heterocycles. The van der Waals surface area contributed by atoms with Gasteiger partial charge in [-0.3, -0.25) is 10.1 Å². The maximum absolute atomic E-state index is 10.8. The van der Waals surface area contributed by atoms with Crippen LogP contribution in [0.4, 0.5) is 11.4 Å². The van der Waals surface area contributed by atoms with E-state index >= 15 is 0 Å². The van der Waals surface area contributed by atoms with Crippen LogP contribution in [0.2, 0.25) is 0 Å². The second-order valence-corrected chi connectivity index (χ2v) is 5.37. The van der Waals surface area contributed by atoms with Crippen molar-refractivity contribution in [2.24, 2.45) is 7.05 Å². The maximum Gasteiger partial charge on any atom is 0.282 e. The number of hydrogen-bond donors (Lipinski definition) is 0. The number of benzene rings is 1. The van der Waals surface area contributed by atoms with E-state index in [2.05, 4.69) is 4.98 Å². The lowest BCUT2D eigenvalue weighted by atomic mass is 10.2. The van der Waals surface area contributed by atoms with Crippen LogP contribution in [0, 0.1) is 13.7 Å². The summed E-state index contributed by atoms with van der Waals surface area (Å²) in [5.41, 5.74) is 1.06. The van der Waals surface area contributed by atoms with E-state index in [1.807, 2.05) is 58.4 Å². The first-order chi connectivity index (χ1) is 8.99. The van der Waals surface area contributed by atoms with Gasteiger partial charge in [-0.25, -0.2) is 4.98 Å². The van der Waals surface area contributed by atoms with Crippen LogP contribution in [0.25, 0.3) is 0 Å². The quantitative estimate of drug-likeness (QED) is 0.470. The number of nitrogens with zero attached hydrogens (tertiary/aromatic N) is 4. The van der Waals surface area contributed by atoms with Gasteiger partial charge in [0.05, 0.1) is 15.0 Å². The van der Waals surface area contributed by atoms with Crippen LogP contribution >= 0.6 is 22.6 Å². The molecule has 0 saturated carbocycles. The molecule has 0 aliphatic carbocycles. The monoisotopic (exact) mass is 372 g/mol. The SMILES string of the molecule is CN(Cc1nccn1C)c1ccc([N+](=O)[O-])c(I)c1. The number of hydrogen-bond acceptors (Lipinski definition) is 4. The lowest BCUT2D eigenvalue weighted by Gasteiger charge is -2.19. The van der Waals surface area contributed by atoms with E-state index in [1.54, 1.807) is 12.3 Å². The lowest BCUT2D eigenvalue weighted by Crippen LogP contribution is -2.19. The number of imidazole rings is 1. The Morgan fingerprint density at radius 1 is 1.53 bits per heavy atom. The van der Waals surface area contributed by atoms with Crippen molar-refractivity contribution in [3.05, 3.63) is 50.1 Å². The molecule has 0 saturated heterocycles. The number of anilines is 1. The van der Waals surface area contributed by atoms with Gasteiger partial charge < -0.3 is 9.47 Å². The Kier molecular flexibility index (Phi) is 4.03. The van der Waals surface area contributed by atoms with Gasteiger partial charge in [0.2, 0.25) is 0 Å². The zero-order valence-corrected chi connectivity index (χ0v) is 12.7. The van der Waals surface area contributed by atoms with Crippen LogP contribution in [0.15, 0.2) is 30.6 Å². The molecule has 0 aliphatic rings. The summed E-state index contributed by atoms with van der Waals surface area (Å²) in [6, 6.07) is 5.09. The van der Waals surface area contributed by atoms with Crippen molar-refractivity contribution in [3.8, 4) is 0 Å². The van der Waals surface area contributed by atoms with Crippen molar-refractivity contribution in [1.82, 2.24) is 9.55 Å². The predicted molar refractivity (Wildman–Crippen MR) is 81.1 cm³/mol. The molecule has 0 unspecified atom stereocenters. The minimum atomic E-state index is -0.371. The molecule has 0 bridgehead atoms. The molecule has 0 fully saturated rings. The summed E-state index contributed by atoms with van der Waals surface area (Å²) in [7, 11) is 3.88. The van der Waals surface area contributed by atoms with Gasteiger partial charge in [-0.05, 0) is 34.7 Å². The second-order valence-electron chi connectivity index (χ2n) is 4.20. The molecular formula is C12H13IN4O2. The van der Waals surface area contributed by atoms with Crippen LogP contribution in [0.5, 0.6) is 0 Å². The van der Waals surface area contributed by atoms with Crippen molar-refractivity contribution in [3.63, 3.8) is 0 Å². The van der Waals surface area contributed by atoms with E-state index < -0.39 is 0 Å². The summed E-state index contributed by atoms with van der Waals surface area (Å²) in [6.45, 7) is 0.650. The summed E-state index contributed by atoms with van der Waals surface area (Å²) in [6.07, 6.45) is 3.64. The Labute approximate surface area is 124 Å². The molecule has 2 rings (SSSR count). The Bertz CT molecular complexity index is 612. The zero-order chi connectivity index (χ0) is 14.0. The number of halogens is 1. The fraction of sp³-hybridized carbons (Fsp3) is 0.250. The van der Waals surface area contributed by atoms with E-state index in [1.165, 1.54) is 6.07 Å². The minimum Gasteiger partial charge on any atom is -0.367 e. The van der Waals surface area contributed by atoms with Crippen molar-refractivity contribution in [2.75, 3.05) is 11.9 Å². The highest BCUT2D eigenvalue weighted by atomic mass is 127. The van der Waals surface area contributed by atoms with Crippen LogP contribution in [0.3, 0.4) is 0 Å². The molecule has 0 radical (unpaired) electrons. The third-order valence-corrected chi connectivity index (χ3v) is 3.73. The maximum atomic E-state index is 10.8. The average Bonchev–Trinajstić information content (AvgIpc) is 2.74. The largest absolute Gasteiger partial charge is 0.367 e. The Morgan fingerprint density at radius 3 is 2.79 bits per heavy atom. The highest BCUT2D eigenvalue weighted by Gasteiger charge is 2.13. The first-order valence-electron chi connectivity index (χ1n) is 5.60. The average molecular weight is 372 g/mol. The van der Waals surface area contributed by atoms with Gasteiger partial charge in [-0.15, -0.1) is 0 Å². The van der Waals surface area contributed by atoms with Gasteiger partial charge in [0.15, 0.2) is 0 Å². The molecule has 0 atom stereocenters. The second kappa shape index (κ2) is 5.55. The number of nitro benzene ring substituents is 1. The van der Waals surface area contributed by atoms with Crippen LogP contribution in [0.1, 0.15) is 5.82 Å². The summed E-state index contributed by atoms with van der Waals surface area (Å²) < 4.78 is 2.58. The summed E-state index contributed by atoms with van der Waals surface area (Å²) in [5.74, 6) is 0.941. The minimum absolute atomic E-state index is 0.134. The molecule has 19 heavy (non-hydrogen) atoms. The van der Waals surface area contributed by atoms with Crippen molar-refractivity contribution in [1.29, 1.82) is 0 Å². The number of nitro groups is 1. The number of aryl methyl sites for hydroxylation is 1. The molecule has 0 amide bonds. The molecule has 0 N–H and O–H groups in total. The fourth-order valence-electron chi connectivity index (χ4n) is 1.73.